The maximum absolute atomic E-state index is 14.2. The molecule has 8 heteroatoms. The Balaban J connectivity index is 1.42. The molecule has 2 aliphatic heterocycles. The molecule has 0 spiro atoms. The van der Waals surface area contributed by atoms with Crippen molar-refractivity contribution in [1.82, 2.24) is 0 Å². The summed E-state index contributed by atoms with van der Waals surface area (Å²) < 4.78 is 5.92. The number of anilines is 1. The van der Waals surface area contributed by atoms with Gasteiger partial charge in [-0.05, 0) is 35.1 Å². The van der Waals surface area contributed by atoms with Crippen LogP contribution in [0.25, 0.3) is 16.3 Å². The SMILES string of the molecule is Cc1cc([N+](=O)[O-])ccc1N1C(=O)[C@@H]2[C@@H]3C(=O)Oc4c(ccc5ccccc45)C3=C[C@@H](c3ccccc3)[C@@H]2C1=O. The molecule has 8 nitrogen and oxygen atoms in total. The lowest BCUT2D eigenvalue weighted by Gasteiger charge is -2.38. The fourth-order valence-electron chi connectivity index (χ4n) is 6.53. The highest BCUT2D eigenvalue weighted by Crippen LogP contribution is 2.55. The fourth-order valence-corrected chi connectivity index (χ4v) is 6.53. The van der Waals surface area contributed by atoms with Gasteiger partial charge in [0.25, 0.3) is 5.69 Å². The van der Waals surface area contributed by atoms with Gasteiger partial charge in [-0.25, -0.2) is 4.90 Å². The van der Waals surface area contributed by atoms with Gasteiger partial charge in [0.2, 0.25) is 11.8 Å². The molecule has 0 saturated carbocycles. The van der Waals surface area contributed by atoms with E-state index in [1.54, 1.807) is 6.92 Å². The third kappa shape index (κ3) is 3.35. The van der Waals surface area contributed by atoms with Crippen molar-refractivity contribution in [2.24, 2.45) is 17.8 Å². The number of fused-ring (bicyclic) bond motifs is 7. The van der Waals surface area contributed by atoms with E-state index in [1.807, 2.05) is 72.8 Å². The number of rotatable bonds is 3. The minimum atomic E-state index is -0.987. The van der Waals surface area contributed by atoms with Crippen LogP contribution in [0.1, 0.15) is 22.6 Å². The van der Waals surface area contributed by atoms with Crippen molar-refractivity contribution in [2.75, 3.05) is 4.90 Å². The van der Waals surface area contributed by atoms with Gasteiger partial charge in [0.05, 0.1) is 28.4 Å². The number of esters is 1. The number of amides is 2. The number of nitro benzene ring substituents is 1. The van der Waals surface area contributed by atoms with Gasteiger partial charge in [-0.15, -0.1) is 0 Å². The Hall–Kier alpha value is -5.11. The zero-order chi connectivity index (χ0) is 27.7. The number of aryl methyl sites for hydroxylation is 1. The van der Waals surface area contributed by atoms with Crippen molar-refractivity contribution in [2.45, 2.75) is 12.8 Å². The number of ether oxygens (including phenoxy) is 1. The van der Waals surface area contributed by atoms with Gasteiger partial charge in [0.15, 0.2) is 0 Å². The Morgan fingerprint density at radius 2 is 1.57 bits per heavy atom. The van der Waals surface area contributed by atoms with Crippen LogP contribution in [0.4, 0.5) is 11.4 Å². The van der Waals surface area contributed by atoms with Crippen LogP contribution in [0.2, 0.25) is 0 Å². The Morgan fingerprint density at radius 3 is 2.33 bits per heavy atom. The van der Waals surface area contributed by atoms with Gasteiger partial charge in [0.1, 0.15) is 5.75 Å². The first-order valence-corrected chi connectivity index (χ1v) is 13.0. The third-order valence-corrected chi connectivity index (χ3v) is 8.30. The van der Waals surface area contributed by atoms with Crippen molar-refractivity contribution in [3.05, 3.63) is 118 Å². The van der Waals surface area contributed by atoms with Crippen molar-refractivity contribution >= 4 is 45.5 Å². The molecule has 1 fully saturated rings. The molecule has 0 bridgehead atoms. The molecule has 7 rings (SSSR count). The van der Waals surface area contributed by atoms with Crippen LogP contribution in [0.5, 0.6) is 5.75 Å². The summed E-state index contributed by atoms with van der Waals surface area (Å²) >= 11 is 0. The number of imide groups is 1. The summed E-state index contributed by atoms with van der Waals surface area (Å²) in [5, 5.41) is 13.0. The molecule has 4 atom stereocenters. The molecule has 40 heavy (non-hydrogen) atoms. The van der Waals surface area contributed by atoms with E-state index >= 15 is 0 Å². The predicted molar refractivity (Wildman–Crippen MR) is 148 cm³/mol. The van der Waals surface area contributed by atoms with E-state index in [9.17, 15) is 24.5 Å². The molecule has 0 aromatic heterocycles. The minimum Gasteiger partial charge on any atom is -0.425 e. The number of nitro groups is 1. The highest BCUT2D eigenvalue weighted by molar-refractivity contribution is 6.25. The standard InChI is InChI=1S/C32H22N2O6/c1-17-15-20(34(38)39)12-14-25(17)33-30(35)26-23(18-7-3-2-4-8-18)16-24-22-13-11-19-9-5-6-10-21(19)29(22)40-32(37)27(24)28(26)31(33)36/h2-16,23,26-28H,1H3/t23-,26-,27+,28-/m0/s1. The number of non-ortho nitro benzene ring substituents is 1. The molecule has 2 heterocycles. The summed E-state index contributed by atoms with van der Waals surface area (Å²) in [6.07, 6.45) is 1.95. The Labute approximate surface area is 228 Å². The average Bonchev–Trinajstić information content (AvgIpc) is 3.22. The molecule has 0 N–H and O–H groups in total. The average molecular weight is 531 g/mol. The Bertz CT molecular complexity index is 1810. The summed E-state index contributed by atoms with van der Waals surface area (Å²) in [4.78, 5) is 53.8. The van der Waals surface area contributed by atoms with E-state index in [1.165, 1.54) is 18.2 Å². The lowest BCUT2D eigenvalue weighted by atomic mass is 9.64. The number of hydrogen-bond donors (Lipinski definition) is 0. The zero-order valence-electron chi connectivity index (χ0n) is 21.3. The maximum Gasteiger partial charge on any atom is 0.319 e. The van der Waals surface area contributed by atoms with Crippen LogP contribution in [-0.2, 0) is 14.4 Å². The van der Waals surface area contributed by atoms with Crippen LogP contribution in [0.3, 0.4) is 0 Å². The molecular weight excluding hydrogens is 508 g/mol. The topological polar surface area (TPSA) is 107 Å². The highest BCUT2D eigenvalue weighted by Gasteiger charge is 2.60. The molecule has 2 amide bonds. The van der Waals surface area contributed by atoms with E-state index in [0.29, 0.717) is 16.9 Å². The number of carbonyl (C=O) groups excluding carboxylic acids is 3. The summed E-state index contributed by atoms with van der Waals surface area (Å²) in [5.41, 5.74) is 2.82. The number of benzene rings is 4. The van der Waals surface area contributed by atoms with Crippen molar-refractivity contribution in [3.8, 4) is 5.75 Å². The second-order valence-corrected chi connectivity index (χ2v) is 10.4. The van der Waals surface area contributed by atoms with Gasteiger partial charge in [-0.3, -0.25) is 24.5 Å². The van der Waals surface area contributed by atoms with Gasteiger partial charge < -0.3 is 4.74 Å². The van der Waals surface area contributed by atoms with E-state index in [4.69, 9.17) is 4.74 Å². The molecule has 1 saturated heterocycles. The lowest BCUT2D eigenvalue weighted by molar-refractivity contribution is -0.384. The Kier molecular flexibility index (Phi) is 5.22. The van der Waals surface area contributed by atoms with Gasteiger partial charge in [-0.1, -0.05) is 72.8 Å². The van der Waals surface area contributed by atoms with Crippen LogP contribution < -0.4 is 9.64 Å². The quantitative estimate of drug-likeness (QED) is 0.113. The molecule has 0 unspecified atom stereocenters. The summed E-state index contributed by atoms with van der Waals surface area (Å²) in [6, 6.07) is 25.0. The second-order valence-electron chi connectivity index (χ2n) is 10.4. The first-order chi connectivity index (χ1) is 19.3. The van der Waals surface area contributed by atoms with E-state index in [-0.39, 0.29) is 11.4 Å². The van der Waals surface area contributed by atoms with Gasteiger partial charge in [0, 0.05) is 29.0 Å². The monoisotopic (exact) mass is 530 g/mol. The first-order valence-electron chi connectivity index (χ1n) is 13.0. The zero-order valence-corrected chi connectivity index (χ0v) is 21.3. The van der Waals surface area contributed by atoms with Crippen molar-refractivity contribution in [3.63, 3.8) is 0 Å². The molecule has 4 aromatic carbocycles. The third-order valence-electron chi connectivity index (χ3n) is 8.30. The molecular formula is C32H22N2O6. The summed E-state index contributed by atoms with van der Waals surface area (Å²) in [7, 11) is 0. The first kappa shape index (κ1) is 24.0. The molecule has 4 aromatic rings. The number of nitrogens with zero attached hydrogens (tertiary/aromatic N) is 2. The largest absolute Gasteiger partial charge is 0.425 e. The summed E-state index contributed by atoms with van der Waals surface area (Å²) in [6.45, 7) is 1.62. The fraction of sp³-hybridized carbons (Fsp3) is 0.156. The van der Waals surface area contributed by atoms with E-state index < -0.39 is 46.4 Å². The van der Waals surface area contributed by atoms with Gasteiger partial charge in [-0.2, -0.15) is 0 Å². The van der Waals surface area contributed by atoms with E-state index in [0.717, 1.165) is 26.8 Å². The number of allylic oxidation sites excluding steroid dienone is 1. The minimum absolute atomic E-state index is 0.136. The van der Waals surface area contributed by atoms with Gasteiger partial charge >= 0.3 is 5.97 Å². The normalized spacial score (nSPS) is 23.3. The molecule has 3 aliphatic rings. The number of hydrogen-bond acceptors (Lipinski definition) is 6. The maximum atomic E-state index is 14.2. The Morgan fingerprint density at radius 1 is 0.850 bits per heavy atom. The molecule has 1 aliphatic carbocycles. The van der Waals surface area contributed by atoms with Crippen LogP contribution in [0.15, 0.2) is 91.0 Å². The lowest BCUT2D eigenvalue weighted by Crippen LogP contribution is -2.42. The predicted octanol–water partition coefficient (Wildman–Crippen LogP) is 5.58. The second kappa shape index (κ2) is 8.71. The van der Waals surface area contributed by atoms with Crippen LogP contribution in [0, 0.1) is 34.8 Å². The number of carbonyl (C=O) groups is 3. The highest BCUT2D eigenvalue weighted by atomic mass is 16.6. The smallest absolute Gasteiger partial charge is 0.319 e. The summed E-state index contributed by atoms with van der Waals surface area (Å²) in [5.74, 6) is -4.32. The molecule has 0 radical (unpaired) electrons. The van der Waals surface area contributed by atoms with Crippen LogP contribution in [-0.4, -0.2) is 22.7 Å². The molecule has 196 valence electrons. The van der Waals surface area contributed by atoms with Crippen molar-refractivity contribution < 1.29 is 24.0 Å². The van der Waals surface area contributed by atoms with Crippen molar-refractivity contribution in [1.29, 1.82) is 0 Å². The van der Waals surface area contributed by atoms with Crippen LogP contribution >= 0.6 is 0 Å². The van der Waals surface area contributed by atoms with E-state index in [2.05, 4.69) is 0 Å².